The number of amides is 1. The lowest BCUT2D eigenvalue weighted by Crippen LogP contribution is -2.65. The molecule has 2 unspecified atom stereocenters. The summed E-state index contributed by atoms with van der Waals surface area (Å²) < 4.78 is 49.1. The van der Waals surface area contributed by atoms with Gasteiger partial charge >= 0.3 is 6.18 Å². The summed E-state index contributed by atoms with van der Waals surface area (Å²) in [6.07, 6.45) is -2.73. The fraction of sp³-hybridized carbons (Fsp3) is 0.429. The van der Waals surface area contributed by atoms with Crippen LogP contribution in [0.25, 0.3) is 0 Å². The molecule has 0 radical (unpaired) electrons. The van der Waals surface area contributed by atoms with Gasteiger partial charge in [-0.3, -0.25) is 4.79 Å². The van der Waals surface area contributed by atoms with E-state index in [1.807, 2.05) is 4.90 Å². The molecule has 2 aromatic rings. The standard InChI is InChI=1S/C21H22F3N3O3/c1-29-16-4-3-5-17(30-2)19(16)20(28)26-9-8-13-11-27(15(13)12-26)18-7-6-14(10-25-18)21(22,23)24/h3-7,10,13,15H,8-9,11-12H2,1-2H3. The van der Waals surface area contributed by atoms with Crippen LogP contribution >= 0.6 is 0 Å². The van der Waals surface area contributed by atoms with Gasteiger partial charge in [-0.25, -0.2) is 4.98 Å². The van der Waals surface area contributed by atoms with Gasteiger partial charge in [0.05, 0.1) is 25.8 Å². The number of halogens is 3. The SMILES string of the molecule is COc1cccc(OC)c1C(=O)N1CCC2CN(c3ccc(C(F)(F)F)cn3)C2C1. The fourth-order valence-electron chi connectivity index (χ4n) is 4.19. The van der Waals surface area contributed by atoms with Gasteiger partial charge in [0.1, 0.15) is 22.9 Å². The third-order valence-corrected chi connectivity index (χ3v) is 5.85. The van der Waals surface area contributed by atoms with Crippen molar-refractivity contribution in [3.05, 3.63) is 47.7 Å². The Hall–Kier alpha value is -2.97. The van der Waals surface area contributed by atoms with Crippen LogP contribution in [0.2, 0.25) is 0 Å². The summed E-state index contributed by atoms with van der Waals surface area (Å²) in [4.78, 5) is 21.0. The number of hydrogen-bond donors (Lipinski definition) is 0. The van der Waals surface area contributed by atoms with Gasteiger partial charge in [0, 0.05) is 31.7 Å². The van der Waals surface area contributed by atoms with E-state index in [0.717, 1.165) is 25.2 Å². The largest absolute Gasteiger partial charge is 0.496 e. The lowest BCUT2D eigenvalue weighted by atomic mass is 9.82. The van der Waals surface area contributed by atoms with Gasteiger partial charge < -0.3 is 19.3 Å². The van der Waals surface area contributed by atoms with Crippen LogP contribution in [-0.4, -0.2) is 55.7 Å². The summed E-state index contributed by atoms with van der Waals surface area (Å²) in [7, 11) is 3.00. The van der Waals surface area contributed by atoms with Gasteiger partial charge in [-0.1, -0.05) is 6.07 Å². The second-order valence-corrected chi connectivity index (χ2v) is 7.46. The number of alkyl halides is 3. The molecule has 30 heavy (non-hydrogen) atoms. The van der Waals surface area contributed by atoms with E-state index in [4.69, 9.17) is 9.47 Å². The molecule has 2 aliphatic heterocycles. The summed E-state index contributed by atoms with van der Waals surface area (Å²) in [6, 6.07) is 7.64. The molecule has 0 aliphatic carbocycles. The number of carbonyl (C=O) groups excluding carboxylic acids is 1. The van der Waals surface area contributed by atoms with E-state index in [1.54, 1.807) is 23.1 Å². The van der Waals surface area contributed by atoms with Crippen LogP contribution < -0.4 is 14.4 Å². The van der Waals surface area contributed by atoms with Crippen molar-refractivity contribution in [3.8, 4) is 11.5 Å². The first-order valence-corrected chi connectivity index (χ1v) is 9.63. The Morgan fingerprint density at radius 3 is 2.37 bits per heavy atom. The molecule has 4 rings (SSSR count). The molecule has 160 valence electrons. The quantitative estimate of drug-likeness (QED) is 0.757. The zero-order valence-electron chi connectivity index (χ0n) is 16.6. The Kier molecular flexibility index (Phi) is 5.21. The minimum absolute atomic E-state index is 0.0210. The maximum atomic E-state index is 13.2. The zero-order valence-corrected chi connectivity index (χ0v) is 16.6. The second kappa shape index (κ2) is 7.70. The molecule has 0 N–H and O–H groups in total. The summed E-state index contributed by atoms with van der Waals surface area (Å²) in [6.45, 7) is 1.80. The maximum Gasteiger partial charge on any atom is 0.417 e. The number of nitrogens with zero attached hydrogens (tertiary/aromatic N) is 3. The van der Waals surface area contributed by atoms with E-state index in [2.05, 4.69) is 4.98 Å². The highest BCUT2D eigenvalue weighted by atomic mass is 19.4. The highest BCUT2D eigenvalue weighted by Gasteiger charge is 2.45. The molecule has 0 bridgehead atoms. The number of methoxy groups -OCH3 is 2. The number of fused-ring (bicyclic) bond motifs is 1. The molecule has 0 spiro atoms. The number of benzene rings is 1. The van der Waals surface area contributed by atoms with Crippen LogP contribution in [0.4, 0.5) is 19.0 Å². The van der Waals surface area contributed by atoms with E-state index >= 15 is 0 Å². The number of hydrogen-bond acceptors (Lipinski definition) is 5. The van der Waals surface area contributed by atoms with Crippen molar-refractivity contribution in [1.82, 2.24) is 9.88 Å². The predicted molar refractivity (Wildman–Crippen MR) is 104 cm³/mol. The lowest BCUT2D eigenvalue weighted by Gasteiger charge is -2.54. The molecule has 1 aromatic heterocycles. The van der Waals surface area contributed by atoms with Gasteiger partial charge in [0.2, 0.25) is 0 Å². The highest BCUT2D eigenvalue weighted by Crippen LogP contribution is 2.38. The normalized spacial score (nSPS) is 21.0. The molecule has 6 nitrogen and oxygen atoms in total. The number of pyridine rings is 1. The van der Waals surface area contributed by atoms with E-state index in [0.29, 0.717) is 41.9 Å². The molecule has 1 aromatic carbocycles. The molecule has 0 saturated carbocycles. The van der Waals surface area contributed by atoms with E-state index < -0.39 is 11.7 Å². The second-order valence-electron chi connectivity index (χ2n) is 7.46. The van der Waals surface area contributed by atoms with E-state index in [-0.39, 0.29) is 11.9 Å². The minimum Gasteiger partial charge on any atom is -0.496 e. The fourth-order valence-corrected chi connectivity index (χ4v) is 4.19. The maximum absolute atomic E-state index is 13.2. The zero-order chi connectivity index (χ0) is 21.5. The van der Waals surface area contributed by atoms with Crippen molar-refractivity contribution in [2.75, 3.05) is 38.8 Å². The average molecular weight is 421 g/mol. The number of piperidine rings is 1. The average Bonchev–Trinajstić information content (AvgIpc) is 2.73. The summed E-state index contributed by atoms with van der Waals surface area (Å²) in [5.41, 5.74) is -0.397. The first-order valence-electron chi connectivity index (χ1n) is 9.63. The number of aromatic nitrogens is 1. The van der Waals surface area contributed by atoms with Crippen LogP contribution in [-0.2, 0) is 6.18 Å². The Balaban J connectivity index is 1.52. The van der Waals surface area contributed by atoms with Crippen molar-refractivity contribution < 1.29 is 27.4 Å². The van der Waals surface area contributed by atoms with Crippen LogP contribution in [0.5, 0.6) is 11.5 Å². The van der Waals surface area contributed by atoms with Crippen molar-refractivity contribution in [2.24, 2.45) is 5.92 Å². The van der Waals surface area contributed by atoms with E-state index in [9.17, 15) is 18.0 Å². The van der Waals surface area contributed by atoms with Gasteiger partial charge in [-0.15, -0.1) is 0 Å². The Morgan fingerprint density at radius 2 is 1.80 bits per heavy atom. The monoisotopic (exact) mass is 421 g/mol. The van der Waals surface area contributed by atoms with Gasteiger partial charge in [-0.2, -0.15) is 13.2 Å². The molecule has 2 fully saturated rings. The summed E-state index contributed by atoms with van der Waals surface area (Å²) >= 11 is 0. The highest BCUT2D eigenvalue weighted by molar-refractivity contribution is 5.99. The lowest BCUT2D eigenvalue weighted by molar-refractivity contribution is -0.137. The van der Waals surface area contributed by atoms with Crippen molar-refractivity contribution in [3.63, 3.8) is 0 Å². The molecule has 9 heteroatoms. The Bertz CT molecular complexity index is 911. The van der Waals surface area contributed by atoms with Crippen LogP contribution in [0.3, 0.4) is 0 Å². The van der Waals surface area contributed by atoms with Crippen molar-refractivity contribution >= 4 is 11.7 Å². The number of anilines is 1. The Labute approximate surface area is 172 Å². The van der Waals surface area contributed by atoms with E-state index in [1.165, 1.54) is 20.3 Å². The predicted octanol–water partition coefficient (Wildman–Crippen LogP) is 3.47. The first-order chi connectivity index (χ1) is 14.3. The van der Waals surface area contributed by atoms with Gasteiger partial charge in [0.25, 0.3) is 5.91 Å². The van der Waals surface area contributed by atoms with Crippen molar-refractivity contribution in [2.45, 2.75) is 18.6 Å². The number of rotatable bonds is 4. The number of ether oxygens (including phenoxy) is 2. The van der Waals surface area contributed by atoms with Crippen molar-refractivity contribution in [1.29, 1.82) is 0 Å². The van der Waals surface area contributed by atoms with Gasteiger partial charge in [-0.05, 0) is 30.7 Å². The number of likely N-dealkylation sites (tertiary alicyclic amines) is 1. The molecule has 3 heterocycles. The summed E-state index contributed by atoms with van der Waals surface area (Å²) in [5.74, 6) is 1.58. The van der Waals surface area contributed by atoms with Crippen LogP contribution in [0.1, 0.15) is 22.3 Å². The smallest absolute Gasteiger partial charge is 0.417 e. The molecule has 2 saturated heterocycles. The topological polar surface area (TPSA) is 54.9 Å². The van der Waals surface area contributed by atoms with Crippen LogP contribution in [0, 0.1) is 5.92 Å². The van der Waals surface area contributed by atoms with Gasteiger partial charge in [0.15, 0.2) is 0 Å². The molecular weight excluding hydrogens is 399 g/mol. The molecular formula is C21H22F3N3O3. The third kappa shape index (κ3) is 3.53. The Morgan fingerprint density at radius 1 is 1.10 bits per heavy atom. The third-order valence-electron chi connectivity index (χ3n) is 5.85. The first kappa shape index (κ1) is 20.3. The molecule has 2 atom stereocenters. The summed E-state index contributed by atoms with van der Waals surface area (Å²) in [5, 5.41) is 0. The van der Waals surface area contributed by atoms with Crippen LogP contribution in [0.15, 0.2) is 36.5 Å². The molecule has 1 amide bonds. The number of carbonyl (C=O) groups is 1. The minimum atomic E-state index is -4.41. The molecule has 2 aliphatic rings.